The highest BCUT2D eigenvalue weighted by atomic mass is 16.3. The van der Waals surface area contributed by atoms with E-state index in [4.69, 9.17) is 0 Å². The van der Waals surface area contributed by atoms with E-state index in [0.29, 0.717) is 0 Å². The van der Waals surface area contributed by atoms with Gasteiger partial charge in [0.25, 0.3) is 0 Å². The first-order valence-electron chi connectivity index (χ1n) is 8.58. The van der Waals surface area contributed by atoms with Crippen molar-refractivity contribution >= 4 is 17.3 Å². The van der Waals surface area contributed by atoms with Crippen LogP contribution >= 0.6 is 0 Å². The Hall–Kier alpha value is -1.55. The lowest BCUT2D eigenvalue weighted by Gasteiger charge is -2.26. The van der Waals surface area contributed by atoms with Gasteiger partial charge in [-0.15, -0.1) is 0 Å². The molecule has 0 aromatic heterocycles. The standard InChI is InChI=1S/C18H26N2O2/c21-17-11-7-8-14(17)18(22)19-15-9-3-4-10-16(15)20-12-5-1-2-6-13-20/h3-4,9-10,14,17,21H,1-2,5-8,11-13H2,(H,19,22). The van der Waals surface area contributed by atoms with Gasteiger partial charge in [-0.25, -0.2) is 0 Å². The summed E-state index contributed by atoms with van der Waals surface area (Å²) in [6.45, 7) is 2.11. The van der Waals surface area contributed by atoms with Gasteiger partial charge in [-0.05, 0) is 44.2 Å². The van der Waals surface area contributed by atoms with E-state index in [1.54, 1.807) is 0 Å². The van der Waals surface area contributed by atoms with Gasteiger partial charge in [-0.2, -0.15) is 0 Å². The zero-order chi connectivity index (χ0) is 15.4. The number of rotatable bonds is 3. The predicted molar refractivity (Wildman–Crippen MR) is 89.1 cm³/mol. The summed E-state index contributed by atoms with van der Waals surface area (Å²) in [6.07, 6.45) is 6.99. The quantitative estimate of drug-likeness (QED) is 0.901. The second-order valence-electron chi connectivity index (χ2n) is 6.51. The van der Waals surface area contributed by atoms with Crippen molar-refractivity contribution in [1.82, 2.24) is 0 Å². The third-order valence-electron chi connectivity index (χ3n) is 4.92. The number of carbonyl (C=O) groups excluding carboxylic acids is 1. The zero-order valence-electron chi connectivity index (χ0n) is 13.1. The number of nitrogens with one attached hydrogen (secondary N) is 1. The number of anilines is 2. The first-order valence-corrected chi connectivity index (χ1v) is 8.58. The molecule has 1 aromatic carbocycles. The van der Waals surface area contributed by atoms with Crippen LogP contribution < -0.4 is 10.2 Å². The van der Waals surface area contributed by atoms with Gasteiger partial charge in [0.2, 0.25) is 5.91 Å². The van der Waals surface area contributed by atoms with Gasteiger partial charge in [-0.3, -0.25) is 4.79 Å². The van der Waals surface area contributed by atoms with Crippen LogP contribution in [0.15, 0.2) is 24.3 Å². The molecule has 2 unspecified atom stereocenters. The van der Waals surface area contributed by atoms with Gasteiger partial charge in [-0.1, -0.05) is 25.0 Å². The van der Waals surface area contributed by atoms with Crippen molar-refractivity contribution in [3.05, 3.63) is 24.3 Å². The molecule has 4 nitrogen and oxygen atoms in total. The molecule has 120 valence electrons. The Morgan fingerprint density at radius 3 is 2.45 bits per heavy atom. The van der Waals surface area contributed by atoms with Crippen LogP contribution in [-0.4, -0.2) is 30.2 Å². The van der Waals surface area contributed by atoms with E-state index in [9.17, 15) is 9.90 Å². The largest absolute Gasteiger partial charge is 0.392 e. The molecule has 2 aliphatic rings. The van der Waals surface area contributed by atoms with Crippen LogP contribution in [0.2, 0.25) is 0 Å². The minimum absolute atomic E-state index is 0.0349. The zero-order valence-corrected chi connectivity index (χ0v) is 13.1. The van der Waals surface area contributed by atoms with Crippen LogP contribution in [0.1, 0.15) is 44.9 Å². The fraction of sp³-hybridized carbons (Fsp3) is 0.611. The number of benzene rings is 1. The highest BCUT2D eigenvalue weighted by Crippen LogP contribution is 2.31. The SMILES string of the molecule is O=C(Nc1ccccc1N1CCCCCC1)C1CCCC1O. The van der Waals surface area contributed by atoms with Gasteiger partial charge < -0.3 is 15.3 Å². The summed E-state index contributed by atoms with van der Waals surface area (Å²) in [5.41, 5.74) is 2.00. The fourth-order valence-electron chi connectivity index (χ4n) is 3.64. The van der Waals surface area contributed by atoms with Crippen molar-refractivity contribution in [2.24, 2.45) is 5.92 Å². The first-order chi connectivity index (χ1) is 10.8. The Morgan fingerprint density at radius 2 is 1.77 bits per heavy atom. The normalized spacial score (nSPS) is 25.8. The van der Waals surface area contributed by atoms with E-state index in [2.05, 4.69) is 16.3 Å². The molecule has 0 spiro atoms. The van der Waals surface area contributed by atoms with Gasteiger partial charge in [0.05, 0.1) is 23.4 Å². The molecule has 1 heterocycles. The number of para-hydroxylation sites is 2. The average molecular weight is 302 g/mol. The molecule has 2 N–H and O–H groups in total. The van der Waals surface area contributed by atoms with Crippen molar-refractivity contribution in [3.8, 4) is 0 Å². The minimum atomic E-state index is -0.481. The molecule has 1 aliphatic heterocycles. The molecule has 1 saturated heterocycles. The summed E-state index contributed by atoms with van der Waals surface area (Å²) in [5.74, 6) is -0.288. The molecule has 0 bridgehead atoms. The van der Waals surface area contributed by atoms with E-state index in [0.717, 1.165) is 43.7 Å². The molecule has 2 atom stereocenters. The Bertz CT molecular complexity index is 510. The number of aliphatic hydroxyl groups excluding tert-OH is 1. The Balaban J connectivity index is 1.74. The van der Waals surface area contributed by atoms with Crippen LogP contribution in [0.4, 0.5) is 11.4 Å². The summed E-state index contributed by atoms with van der Waals surface area (Å²) in [7, 11) is 0. The third kappa shape index (κ3) is 3.43. The summed E-state index contributed by atoms with van der Waals surface area (Å²) in [4.78, 5) is 14.8. The summed E-state index contributed by atoms with van der Waals surface area (Å²) in [6, 6.07) is 8.05. The Morgan fingerprint density at radius 1 is 1.05 bits per heavy atom. The smallest absolute Gasteiger partial charge is 0.230 e. The number of carbonyl (C=O) groups is 1. The van der Waals surface area contributed by atoms with E-state index >= 15 is 0 Å². The van der Waals surface area contributed by atoms with Gasteiger partial charge in [0.1, 0.15) is 0 Å². The molecular weight excluding hydrogens is 276 g/mol. The van der Waals surface area contributed by atoms with Crippen molar-refractivity contribution in [3.63, 3.8) is 0 Å². The van der Waals surface area contributed by atoms with Crippen LogP contribution in [0.25, 0.3) is 0 Å². The Labute approximate surface area is 132 Å². The fourth-order valence-corrected chi connectivity index (χ4v) is 3.64. The van der Waals surface area contributed by atoms with Crippen molar-refractivity contribution in [1.29, 1.82) is 0 Å². The molecule has 0 radical (unpaired) electrons. The first kappa shape index (κ1) is 15.3. The molecule has 1 amide bonds. The molecule has 3 rings (SSSR count). The Kier molecular flexibility index (Phi) is 4.98. The van der Waals surface area contributed by atoms with Crippen molar-refractivity contribution in [2.45, 2.75) is 51.0 Å². The lowest BCUT2D eigenvalue weighted by Crippen LogP contribution is -2.30. The number of amides is 1. The maximum Gasteiger partial charge on any atom is 0.230 e. The summed E-state index contributed by atoms with van der Waals surface area (Å²) >= 11 is 0. The number of hydrogen-bond acceptors (Lipinski definition) is 3. The molecule has 1 aliphatic carbocycles. The van der Waals surface area contributed by atoms with Gasteiger partial charge >= 0.3 is 0 Å². The topological polar surface area (TPSA) is 52.6 Å². The van der Waals surface area contributed by atoms with Crippen molar-refractivity contribution in [2.75, 3.05) is 23.3 Å². The summed E-state index contributed by atoms with van der Waals surface area (Å²) in [5, 5.41) is 13.0. The second kappa shape index (κ2) is 7.14. The van der Waals surface area contributed by atoms with E-state index in [-0.39, 0.29) is 11.8 Å². The number of aliphatic hydroxyl groups is 1. The summed E-state index contributed by atoms with van der Waals surface area (Å²) < 4.78 is 0. The molecule has 4 heteroatoms. The highest BCUT2D eigenvalue weighted by Gasteiger charge is 2.31. The number of nitrogens with zero attached hydrogens (tertiary/aromatic N) is 1. The molecular formula is C18H26N2O2. The van der Waals surface area contributed by atoms with E-state index in [1.807, 2.05) is 18.2 Å². The van der Waals surface area contributed by atoms with Crippen LogP contribution in [0.3, 0.4) is 0 Å². The van der Waals surface area contributed by atoms with Crippen LogP contribution in [0.5, 0.6) is 0 Å². The highest BCUT2D eigenvalue weighted by molar-refractivity contribution is 5.96. The molecule has 1 saturated carbocycles. The van der Waals surface area contributed by atoms with Crippen LogP contribution in [-0.2, 0) is 4.79 Å². The second-order valence-corrected chi connectivity index (χ2v) is 6.51. The van der Waals surface area contributed by atoms with Crippen LogP contribution in [0, 0.1) is 5.92 Å². The maximum atomic E-state index is 12.4. The van der Waals surface area contributed by atoms with Crippen molar-refractivity contribution < 1.29 is 9.90 Å². The lowest BCUT2D eigenvalue weighted by molar-refractivity contribution is -0.122. The number of hydrogen-bond donors (Lipinski definition) is 2. The molecule has 2 fully saturated rings. The van der Waals surface area contributed by atoms with Gasteiger partial charge in [0, 0.05) is 13.1 Å². The monoisotopic (exact) mass is 302 g/mol. The minimum Gasteiger partial charge on any atom is -0.392 e. The maximum absolute atomic E-state index is 12.4. The van der Waals surface area contributed by atoms with Gasteiger partial charge in [0.15, 0.2) is 0 Å². The van der Waals surface area contributed by atoms with E-state index < -0.39 is 6.10 Å². The molecule has 1 aromatic rings. The molecule has 22 heavy (non-hydrogen) atoms. The predicted octanol–water partition coefficient (Wildman–Crippen LogP) is 3.17. The third-order valence-corrected chi connectivity index (χ3v) is 4.92. The van der Waals surface area contributed by atoms with E-state index in [1.165, 1.54) is 25.7 Å². The average Bonchev–Trinajstić information content (AvgIpc) is 2.79. The lowest BCUT2D eigenvalue weighted by atomic mass is 10.0.